The zero-order valence-electron chi connectivity index (χ0n) is 23.1. The molecule has 0 aliphatic carbocycles. The van der Waals surface area contributed by atoms with Crippen LogP contribution in [-0.4, -0.2) is 25.9 Å². The van der Waals surface area contributed by atoms with E-state index in [-0.39, 0.29) is 16.2 Å². The average Bonchev–Trinajstić information content (AvgIpc) is 3.10. The zero-order valence-corrected chi connectivity index (χ0v) is 23.1. The number of anilines is 2. The number of Topliss-reactive ketones (excluding diaryl/α,β-unsaturated/α-hetero) is 1. The number of fused-ring (bicyclic) bond motifs is 2. The van der Waals surface area contributed by atoms with Crippen molar-refractivity contribution >= 4 is 17.2 Å². The molecule has 2 aliphatic rings. The largest absolute Gasteiger partial charge is 0.367 e. The van der Waals surface area contributed by atoms with Gasteiger partial charge in [-0.1, -0.05) is 91.0 Å². The Labute approximate surface area is 212 Å². The van der Waals surface area contributed by atoms with Crippen LogP contribution >= 0.6 is 0 Å². The SMILES string of the molecule is CN1/C(=C/C=C/C2N(C)c3ccccc3C2(C)C)C(C)(C)c2cc(CCC(=O)C(C)(C)C)ccc21. The lowest BCUT2D eigenvalue weighted by Crippen LogP contribution is -2.37. The molecule has 0 N–H and O–H groups in total. The third-order valence-electron chi connectivity index (χ3n) is 8.26. The highest BCUT2D eigenvalue weighted by molar-refractivity contribution is 5.84. The van der Waals surface area contributed by atoms with Crippen LogP contribution < -0.4 is 9.80 Å². The monoisotopic (exact) mass is 470 g/mol. The molecule has 0 saturated heterocycles. The molecule has 3 nitrogen and oxygen atoms in total. The lowest BCUT2D eigenvalue weighted by atomic mass is 9.80. The summed E-state index contributed by atoms with van der Waals surface area (Å²) >= 11 is 0. The number of likely N-dealkylation sites (N-methyl/N-ethyl adjacent to an activating group) is 2. The van der Waals surface area contributed by atoms with E-state index >= 15 is 0 Å². The Balaban J connectivity index is 1.56. The number of carbonyl (C=O) groups is 1. The molecule has 0 bridgehead atoms. The molecular formula is C32H42N2O. The van der Waals surface area contributed by atoms with Gasteiger partial charge in [0.25, 0.3) is 0 Å². The molecule has 2 heterocycles. The molecule has 186 valence electrons. The van der Waals surface area contributed by atoms with E-state index in [1.54, 1.807) is 0 Å². The van der Waals surface area contributed by atoms with Crippen molar-refractivity contribution in [2.24, 2.45) is 5.41 Å². The number of aryl methyl sites for hydroxylation is 1. The van der Waals surface area contributed by atoms with E-state index in [4.69, 9.17) is 0 Å². The minimum atomic E-state index is -0.276. The van der Waals surface area contributed by atoms with E-state index in [9.17, 15) is 4.79 Å². The summed E-state index contributed by atoms with van der Waals surface area (Å²) in [5, 5.41) is 0. The summed E-state index contributed by atoms with van der Waals surface area (Å²) in [5.74, 6) is 0.321. The summed E-state index contributed by atoms with van der Waals surface area (Å²) in [7, 11) is 4.36. The number of allylic oxidation sites excluding steroid dienone is 3. The van der Waals surface area contributed by atoms with E-state index < -0.39 is 0 Å². The van der Waals surface area contributed by atoms with Crippen molar-refractivity contribution in [3.8, 4) is 0 Å². The third-order valence-corrected chi connectivity index (χ3v) is 8.26. The molecule has 3 heteroatoms. The van der Waals surface area contributed by atoms with Crippen LogP contribution in [0.25, 0.3) is 0 Å². The van der Waals surface area contributed by atoms with Gasteiger partial charge in [-0.25, -0.2) is 0 Å². The molecule has 2 aromatic carbocycles. The molecule has 0 amide bonds. The predicted molar refractivity (Wildman–Crippen MR) is 150 cm³/mol. The summed E-state index contributed by atoms with van der Waals surface area (Å²) in [6.07, 6.45) is 8.28. The molecule has 35 heavy (non-hydrogen) atoms. The number of ketones is 1. The van der Waals surface area contributed by atoms with Gasteiger partial charge < -0.3 is 9.80 Å². The molecule has 2 aromatic rings. The Morgan fingerprint density at radius 3 is 2.31 bits per heavy atom. The second-order valence-electron chi connectivity index (χ2n) is 12.4. The van der Waals surface area contributed by atoms with Crippen molar-refractivity contribution < 1.29 is 4.79 Å². The molecule has 1 atom stereocenters. The topological polar surface area (TPSA) is 23.6 Å². The standard InChI is InChI=1S/C32H42N2O/c1-30(2,3)29(35)20-18-22-17-19-26-24(21-22)32(6,7)28(34(26)9)16-12-15-27-31(4,5)23-13-10-11-14-25(23)33(27)8/h10-17,19,21,27H,18,20H2,1-9H3/b15-12+,28-16+. The summed E-state index contributed by atoms with van der Waals surface area (Å²) in [4.78, 5) is 17.2. The van der Waals surface area contributed by atoms with Crippen molar-refractivity contribution in [1.29, 1.82) is 0 Å². The second-order valence-corrected chi connectivity index (χ2v) is 12.4. The maximum absolute atomic E-state index is 12.4. The highest BCUT2D eigenvalue weighted by Crippen LogP contribution is 2.48. The number of carbonyl (C=O) groups excluding carboxylic acids is 1. The fourth-order valence-electron chi connectivity index (χ4n) is 5.91. The number of hydrogen-bond acceptors (Lipinski definition) is 3. The van der Waals surface area contributed by atoms with E-state index in [0.29, 0.717) is 18.2 Å². The smallest absolute Gasteiger partial charge is 0.138 e. The molecule has 0 aromatic heterocycles. The first-order chi connectivity index (χ1) is 16.3. The Hall–Kier alpha value is -2.81. The normalized spacial score (nSPS) is 21.6. The van der Waals surface area contributed by atoms with E-state index in [1.165, 1.54) is 33.8 Å². The molecule has 0 radical (unpaired) electrons. The average molecular weight is 471 g/mol. The van der Waals surface area contributed by atoms with Crippen LogP contribution in [0.15, 0.2) is 66.4 Å². The van der Waals surface area contributed by atoms with Crippen molar-refractivity contribution in [3.63, 3.8) is 0 Å². The van der Waals surface area contributed by atoms with Gasteiger partial charge in [0, 0.05) is 53.8 Å². The summed E-state index contributed by atoms with van der Waals surface area (Å²) in [6.45, 7) is 15.3. The van der Waals surface area contributed by atoms with Crippen molar-refractivity contribution in [2.45, 2.75) is 78.2 Å². The molecule has 4 rings (SSSR count). The highest BCUT2D eigenvalue weighted by atomic mass is 16.1. The molecule has 2 aliphatic heterocycles. The van der Waals surface area contributed by atoms with Gasteiger partial charge >= 0.3 is 0 Å². The number of rotatable bonds is 5. The Bertz CT molecular complexity index is 1190. The molecule has 0 fully saturated rings. The molecule has 0 saturated carbocycles. The lowest BCUT2D eigenvalue weighted by Gasteiger charge is -2.29. The van der Waals surface area contributed by atoms with Gasteiger partial charge in [-0.05, 0) is 41.3 Å². The van der Waals surface area contributed by atoms with Gasteiger partial charge in [0.15, 0.2) is 0 Å². The molecule has 1 unspecified atom stereocenters. The number of hydrogen-bond donors (Lipinski definition) is 0. The van der Waals surface area contributed by atoms with Crippen molar-refractivity contribution in [1.82, 2.24) is 0 Å². The van der Waals surface area contributed by atoms with Gasteiger partial charge in [-0.3, -0.25) is 4.79 Å². The summed E-state index contributed by atoms with van der Waals surface area (Å²) in [5.41, 5.74) is 7.54. The van der Waals surface area contributed by atoms with Crippen molar-refractivity contribution in [3.05, 3.63) is 83.1 Å². The molecule has 0 spiro atoms. The van der Waals surface area contributed by atoms with Crippen LogP contribution in [0.4, 0.5) is 11.4 Å². The molecular weight excluding hydrogens is 428 g/mol. The van der Waals surface area contributed by atoms with E-state index in [2.05, 4.69) is 112 Å². The van der Waals surface area contributed by atoms with Crippen LogP contribution in [0.2, 0.25) is 0 Å². The van der Waals surface area contributed by atoms with Crippen LogP contribution in [-0.2, 0) is 22.0 Å². The second kappa shape index (κ2) is 8.69. The van der Waals surface area contributed by atoms with Gasteiger partial charge in [0.1, 0.15) is 5.78 Å². The number of nitrogens with zero attached hydrogens (tertiary/aromatic N) is 2. The lowest BCUT2D eigenvalue weighted by molar-refractivity contribution is -0.126. The quantitative estimate of drug-likeness (QED) is 0.462. The number of para-hydroxylation sites is 1. The highest BCUT2D eigenvalue weighted by Gasteiger charge is 2.41. The van der Waals surface area contributed by atoms with Gasteiger partial charge in [-0.15, -0.1) is 0 Å². The van der Waals surface area contributed by atoms with E-state index in [0.717, 1.165) is 6.42 Å². The van der Waals surface area contributed by atoms with Gasteiger partial charge in [0.2, 0.25) is 0 Å². The van der Waals surface area contributed by atoms with Gasteiger partial charge in [-0.2, -0.15) is 0 Å². The van der Waals surface area contributed by atoms with Crippen LogP contribution in [0.1, 0.15) is 71.6 Å². The zero-order chi connectivity index (χ0) is 25.8. The number of benzene rings is 2. The fraction of sp³-hybridized carbons (Fsp3) is 0.469. The van der Waals surface area contributed by atoms with Crippen LogP contribution in [0.3, 0.4) is 0 Å². The fourth-order valence-corrected chi connectivity index (χ4v) is 5.91. The first-order valence-electron chi connectivity index (χ1n) is 12.9. The van der Waals surface area contributed by atoms with E-state index in [1.807, 2.05) is 20.8 Å². The summed E-state index contributed by atoms with van der Waals surface area (Å²) in [6, 6.07) is 15.8. The minimum absolute atomic E-state index is 0.0554. The Morgan fingerprint density at radius 1 is 0.971 bits per heavy atom. The maximum atomic E-state index is 12.4. The first kappa shape index (κ1) is 25.3. The van der Waals surface area contributed by atoms with Crippen molar-refractivity contribution in [2.75, 3.05) is 23.9 Å². The first-order valence-corrected chi connectivity index (χ1v) is 12.9. The van der Waals surface area contributed by atoms with Crippen LogP contribution in [0, 0.1) is 5.41 Å². The van der Waals surface area contributed by atoms with Crippen LogP contribution in [0.5, 0.6) is 0 Å². The Kier molecular flexibility index (Phi) is 6.28. The van der Waals surface area contributed by atoms with Gasteiger partial charge in [0.05, 0.1) is 6.04 Å². The maximum Gasteiger partial charge on any atom is 0.138 e. The summed E-state index contributed by atoms with van der Waals surface area (Å²) < 4.78 is 0. The third kappa shape index (κ3) is 4.35. The predicted octanol–water partition coefficient (Wildman–Crippen LogP) is 7.20. The Morgan fingerprint density at radius 2 is 1.66 bits per heavy atom. The minimum Gasteiger partial charge on any atom is -0.367 e.